The molecule has 3 rings (SSSR count). The average Bonchev–Trinajstić information content (AvgIpc) is 2.75. The molecule has 0 aromatic heterocycles. The van der Waals surface area contributed by atoms with Gasteiger partial charge in [-0.1, -0.05) is 0 Å². The SMILES string of the molecule is FC(F)(F)C(F)(F)CCCP(I)(c1ccccc1)(c1ccccc1)c1ccccc1. The Morgan fingerprint density at radius 1 is 0.600 bits per heavy atom. The normalized spacial score (nSPS) is 14.1. The molecule has 0 aliphatic heterocycles. The van der Waals surface area contributed by atoms with E-state index in [9.17, 15) is 22.0 Å². The third-order valence-corrected chi connectivity index (χ3v) is 17.1. The van der Waals surface area contributed by atoms with Gasteiger partial charge in [0, 0.05) is 0 Å². The second-order valence-electron chi connectivity index (χ2n) is 7.22. The number of rotatable bonds is 7. The van der Waals surface area contributed by atoms with Gasteiger partial charge in [0.15, 0.2) is 0 Å². The van der Waals surface area contributed by atoms with Gasteiger partial charge in [-0.15, -0.1) is 0 Å². The van der Waals surface area contributed by atoms with Crippen molar-refractivity contribution in [2.45, 2.75) is 24.9 Å². The second kappa shape index (κ2) is 8.54. The van der Waals surface area contributed by atoms with Crippen LogP contribution in [0.5, 0.6) is 0 Å². The van der Waals surface area contributed by atoms with Crippen molar-refractivity contribution in [3.63, 3.8) is 0 Å². The summed E-state index contributed by atoms with van der Waals surface area (Å²) in [5.74, 6) is -4.71. The van der Waals surface area contributed by atoms with Gasteiger partial charge >= 0.3 is 186 Å². The molecule has 0 atom stereocenters. The molecule has 0 aliphatic carbocycles. The summed E-state index contributed by atoms with van der Waals surface area (Å²) in [6, 6.07) is 28.6. The van der Waals surface area contributed by atoms with Crippen LogP contribution in [0.4, 0.5) is 22.0 Å². The fourth-order valence-electron chi connectivity index (χ4n) is 3.79. The summed E-state index contributed by atoms with van der Waals surface area (Å²) in [5, 5.41) is 2.87. The molecule has 7 heteroatoms. The molecule has 30 heavy (non-hydrogen) atoms. The Labute approximate surface area is 185 Å². The van der Waals surface area contributed by atoms with Crippen molar-refractivity contribution in [3.8, 4) is 0 Å². The Bertz CT molecular complexity index is 860. The van der Waals surface area contributed by atoms with E-state index in [0.29, 0.717) is 0 Å². The van der Waals surface area contributed by atoms with Gasteiger partial charge in [0.2, 0.25) is 0 Å². The summed E-state index contributed by atoms with van der Waals surface area (Å²) in [7, 11) is 0. The fraction of sp³-hybridized carbons (Fsp3) is 0.217. The molecule has 0 saturated heterocycles. The molecule has 0 nitrogen and oxygen atoms in total. The van der Waals surface area contributed by atoms with Crippen LogP contribution in [0, 0.1) is 0 Å². The van der Waals surface area contributed by atoms with E-state index < -0.39 is 22.8 Å². The maximum absolute atomic E-state index is 13.7. The second-order valence-corrected chi connectivity index (χ2v) is 18.0. The van der Waals surface area contributed by atoms with Gasteiger partial charge in [0.25, 0.3) is 0 Å². The summed E-state index contributed by atoms with van der Waals surface area (Å²) in [4.78, 5) is 0. The van der Waals surface area contributed by atoms with Gasteiger partial charge < -0.3 is 0 Å². The number of hydrogen-bond acceptors (Lipinski definition) is 0. The van der Waals surface area contributed by atoms with E-state index in [1.807, 2.05) is 91.0 Å². The van der Waals surface area contributed by atoms with Crippen molar-refractivity contribution in [2.75, 3.05) is 6.16 Å². The molecule has 0 spiro atoms. The van der Waals surface area contributed by atoms with Gasteiger partial charge in [-0.2, -0.15) is 0 Å². The molecule has 0 bridgehead atoms. The van der Waals surface area contributed by atoms with E-state index in [-0.39, 0.29) is 12.6 Å². The molecule has 0 amide bonds. The van der Waals surface area contributed by atoms with Gasteiger partial charge in [0.1, 0.15) is 0 Å². The molecular formula is C23H21F5IP. The zero-order chi connectivity index (χ0) is 21.9. The minimum absolute atomic E-state index is 0.204. The number of alkyl halides is 5. The summed E-state index contributed by atoms with van der Waals surface area (Å²) in [5.41, 5.74) is 0. The molecule has 3 aromatic carbocycles. The topological polar surface area (TPSA) is 0 Å². The molecular weight excluding hydrogens is 529 g/mol. The molecule has 0 radical (unpaired) electrons. The maximum atomic E-state index is 13.7. The predicted molar refractivity (Wildman–Crippen MR) is 124 cm³/mol. The summed E-state index contributed by atoms with van der Waals surface area (Å²) < 4.78 is 62.5. The van der Waals surface area contributed by atoms with Crippen LogP contribution in [0.3, 0.4) is 0 Å². The standard InChI is InChI=1S/C23H21F5IP/c24-22(25,23(26,27)28)17-10-18-30(29,19-11-4-1-5-12-19,20-13-6-2-7-14-20)21-15-8-3-9-16-21/h1-9,11-16H,10,17-18H2. The first-order valence-corrected chi connectivity index (χ1v) is 14.6. The average molecular weight is 550 g/mol. The number of hydrogen-bond donors (Lipinski definition) is 0. The molecule has 0 aliphatic rings. The zero-order valence-corrected chi connectivity index (χ0v) is 19.0. The van der Waals surface area contributed by atoms with Crippen molar-refractivity contribution in [2.24, 2.45) is 0 Å². The first-order chi connectivity index (χ1) is 14.1. The molecule has 0 saturated carbocycles. The van der Waals surface area contributed by atoms with E-state index in [2.05, 4.69) is 22.0 Å². The van der Waals surface area contributed by atoms with Gasteiger partial charge in [-0.25, -0.2) is 0 Å². The van der Waals surface area contributed by atoms with Crippen LogP contribution < -0.4 is 15.9 Å². The van der Waals surface area contributed by atoms with Crippen molar-refractivity contribution >= 4 is 42.2 Å². The number of benzene rings is 3. The summed E-state index contributed by atoms with van der Waals surface area (Å²) in [6.07, 6.45) is -6.83. The number of halogens is 6. The van der Waals surface area contributed by atoms with Crippen LogP contribution >= 0.6 is 26.3 Å². The van der Waals surface area contributed by atoms with E-state index in [1.54, 1.807) is 0 Å². The van der Waals surface area contributed by atoms with Crippen molar-refractivity contribution in [1.82, 2.24) is 0 Å². The van der Waals surface area contributed by atoms with E-state index in [1.165, 1.54) is 0 Å². The first-order valence-electron chi connectivity index (χ1n) is 9.44. The monoisotopic (exact) mass is 550 g/mol. The van der Waals surface area contributed by atoms with Crippen molar-refractivity contribution in [1.29, 1.82) is 0 Å². The Morgan fingerprint density at radius 3 is 1.23 bits per heavy atom. The van der Waals surface area contributed by atoms with Crippen LogP contribution in [0.1, 0.15) is 12.8 Å². The quantitative estimate of drug-likeness (QED) is 0.172. The van der Waals surface area contributed by atoms with Crippen LogP contribution in [-0.2, 0) is 0 Å². The third kappa shape index (κ3) is 4.13. The molecule has 0 fully saturated rings. The van der Waals surface area contributed by atoms with Gasteiger partial charge in [-0.05, 0) is 0 Å². The van der Waals surface area contributed by atoms with E-state index >= 15 is 0 Å². The van der Waals surface area contributed by atoms with Gasteiger partial charge in [0.05, 0.1) is 0 Å². The Morgan fingerprint density at radius 2 is 0.933 bits per heavy atom. The Hall–Kier alpha value is -1.53. The van der Waals surface area contributed by atoms with E-state index in [4.69, 9.17) is 0 Å². The molecule has 160 valence electrons. The van der Waals surface area contributed by atoms with Gasteiger partial charge in [-0.3, -0.25) is 0 Å². The summed E-state index contributed by atoms with van der Waals surface area (Å²) >= 11 is 2.38. The van der Waals surface area contributed by atoms with E-state index in [0.717, 1.165) is 15.9 Å². The van der Waals surface area contributed by atoms with Crippen molar-refractivity contribution in [3.05, 3.63) is 91.0 Å². The molecule has 0 heterocycles. The minimum atomic E-state index is -5.54. The molecule has 0 unspecified atom stereocenters. The Balaban J connectivity index is 2.18. The molecule has 0 N–H and O–H groups in total. The van der Waals surface area contributed by atoms with Crippen LogP contribution in [-0.4, -0.2) is 18.3 Å². The van der Waals surface area contributed by atoms with Crippen LogP contribution in [0.25, 0.3) is 0 Å². The Kier molecular flexibility index (Phi) is 6.59. The first kappa shape index (κ1) is 23.1. The fourth-order valence-corrected chi connectivity index (χ4v) is 12.5. The summed E-state index contributed by atoms with van der Waals surface area (Å²) in [6.45, 7) is 0. The molecule has 3 aromatic rings. The van der Waals surface area contributed by atoms with Crippen LogP contribution in [0.15, 0.2) is 91.0 Å². The van der Waals surface area contributed by atoms with Crippen LogP contribution in [0.2, 0.25) is 0 Å². The predicted octanol–water partition coefficient (Wildman–Crippen LogP) is 6.84. The zero-order valence-electron chi connectivity index (χ0n) is 16.0. The third-order valence-electron chi connectivity index (χ3n) is 5.37. The van der Waals surface area contributed by atoms with Crippen molar-refractivity contribution < 1.29 is 22.0 Å².